The smallest absolute Gasteiger partial charge is 0.229 e. The number of carbonyl (C=O) groups excluding carboxylic acids is 2. The van der Waals surface area contributed by atoms with E-state index in [0.717, 1.165) is 10.0 Å². The van der Waals surface area contributed by atoms with Crippen LogP contribution in [0.5, 0.6) is 5.75 Å². The molecular weight excluding hydrogens is 420 g/mol. The van der Waals surface area contributed by atoms with Crippen LogP contribution in [-0.2, 0) is 9.59 Å². The molecule has 1 heterocycles. The van der Waals surface area contributed by atoms with Gasteiger partial charge in [0.15, 0.2) is 0 Å². The molecule has 3 rings (SSSR count). The molecule has 5 nitrogen and oxygen atoms in total. The van der Waals surface area contributed by atoms with Crippen LogP contribution in [0, 0.1) is 12.8 Å². The molecule has 0 bridgehead atoms. The largest absolute Gasteiger partial charge is 0.495 e. The minimum atomic E-state index is -0.436. The van der Waals surface area contributed by atoms with E-state index >= 15 is 0 Å². The van der Waals surface area contributed by atoms with Crippen molar-refractivity contribution in [2.24, 2.45) is 5.92 Å². The molecule has 1 fully saturated rings. The van der Waals surface area contributed by atoms with Gasteiger partial charge >= 0.3 is 0 Å². The molecule has 26 heavy (non-hydrogen) atoms. The molecule has 0 aliphatic carbocycles. The number of benzene rings is 2. The van der Waals surface area contributed by atoms with Gasteiger partial charge in [0, 0.05) is 23.1 Å². The van der Waals surface area contributed by atoms with E-state index in [1.807, 2.05) is 25.1 Å². The minimum absolute atomic E-state index is 0.0970. The maximum atomic E-state index is 12.7. The van der Waals surface area contributed by atoms with E-state index in [2.05, 4.69) is 21.2 Å². The van der Waals surface area contributed by atoms with Gasteiger partial charge in [0.25, 0.3) is 0 Å². The van der Waals surface area contributed by atoms with Crippen molar-refractivity contribution >= 4 is 50.7 Å². The Kier molecular flexibility index (Phi) is 5.53. The van der Waals surface area contributed by atoms with Crippen molar-refractivity contribution in [2.75, 3.05) is 23.9 Å². The predicted octanol–water partition coefficient (Wildman–Crippen LogP) is 4.41. The van der Waals surface area contributed by atoms with Crippen LogP contribution < -0.4 is 15.0 Å². The summed E-state index contributed by atoms with van der Waals surface area (Å²) in [7, 11) is 1.56. The lowest BCUT2D eigenvalue weighted by Gasteiger charge is -2.19. The summed E-state index contributed by atoms with van der Waals surface area (Å²) in [4.78, 5) is 26.7. The van der Waals surface area contributed by atoms with E-state index in [1.165, 1.54) is 0 Å². The van der Waals surface area contributed by atoms with Gasteiger partial charge in [-0.2, -0.15) is 0 Å². The van der Waals surface area contributed by atoms with Crippen molar-refractivity contribution in [3.8, 4) is 5.75 Å². The first-order valence-corrected chi connectivity index (χ1v) is 9.28. The molecule has 0 aromatic heterocycles. The second-order valence-electron chi connectivity index (χ2n) is 6.10. The number of nitrogens with zero attached hydrogens (tertiary/aromatic N) is 1. The first-order chi connectivity index (χ1) is 12.4. The molecule has 136 valence electrons. The Balaban J connectivity index is 1.76. The molecule has 2 aromatic rings. The second-order valence-corrected chi connectivity index (χ2v) is 7.33. The summed E-state index contributed by atoms with van der Waals surface area (Å²) in [6.07, 6.45) is 0.160. The van der Waals surface area contributed by atoms with Crippen molar-refractivity contribution in [2.45, 2.75) is 13.3 Å². The first kappa shape index (κ1) is 18.7. The highest BCUT2D eigenvalue weighted by atomic mass is 79.9. The zero-order chi connectivity index (χ0) is 18.8. The Morgan fingerprint density at radius 1 is 1.31 bits per heavy atom. The summed E-state index contributed by atoms with van der Waals surface area (Å²) in [5, 5.41) is 3.44. The normalized spacial score (nSPS) is 16.7. The molecule has 0 radical (unpaired) electrons. The van der Waals surface area contributed by atoms with Gasteiger partial charge in [-0.15, -0.1) is 0 Å². The molecule has 1 saturated heterocycles. The van der Waals surface area contributed by atoms with Gasteiger partial charge in [0.05, 0.1) is 23.7 Å². The fraction of sp³-hybridized carbons (Fsp3) is 0.263. The monoisotopic (exact) mass is 436 g/mol. The van der Waals surface area contributed by atoms with Crippen LogP contribution >= 0.6 is 27.5 Å². The Morgan fingerprint density at radius 3 is 2.77 bits per heavy atom. The van der Waals surface area contributed by atoms with Crippen LogP contribution in [0.1, 0.15) is 12.0 Å². The number of carbonyl (C=O) groups is 2. The molecule has 0 saturated carbocycles. The quantitative estimate of drug-likeness (QED) is 0.771. The molecule has 0 spiro atoms. The highest BCUT2D eigenvalue weighted by Gasteiger charge is 2.36. The lowest BCUT2D eigenvalue weighted by molar-refractivity contribution is -0.122. The Labute approximate surface area is 165 Å². The van der Waals surface area contributed by atoms with Gasteiger partial charge in [-0.3, -0.25) is 9.59 Å². The minimum Gasteiger partial charge on any atom is -0.495 e. The van der Waals surface area contributed by atoms with E-state index < -0.39 is 5.92 Å². The summed E-state index contributed by atoms with van der Waals surface area (Å²) >= 11 is 9.57. The van der Waals surface area contributed by atoms with Crippen LogP contribution in [0.2, 0.25) is 5.02 Å². The van der Waals surface area contributed by atoms with Gasteiger partial charge in [-0.05, 0) is 52.7 Å². The Morgan fingerprint density at radius 2 is 2.04 bits per heavy atom. The number of halogens is 2. The molecule has 1 N–H and O–H groups in total. The van der Waals surface area contributed by atoms with E-state index in [9.17, 15) is 9.59 Å². The van der Waals surface area contributed by atoms with Crippen molar-refractivity contribution in [1.29, 1.82) is 0 Å². The molecule has 0 unspecified atom stereocenters. The summed E-state index contributed by atoms with van der Waals surface area (Å²) in [5.74, 6) is -0.121. The summed E-state index contributed by atoms with van der Waals surface area (Å²) in [6, 6.07) is 10.9. The first-order valence-electron chi connectivity index (χ1n) is 8.11. The summed E-state index contributed by atoms with van der Waals surface area (Å²) in [6.45, 7) is 2.15. The Hall–Kier alpha value is -2.05. The molecule has 1 aliphatic heterocycles. The SMILES string of the molecule is COc1ccccc1N1C[C@@H](C(=O)Nc2ccc(Br)c(Cl)c2C)CC1=O. The van der Waals surface area contributed by atoms with E-state index in [1.54, 1.807) is 30.2 Å². The maximum absolute atomic E-state index is 12.7. The number of ether oxygens (including phenoxy) is 1. The second kappa shape index (κ2) is 7.68. The van der Waals surface area contributed by atoms with Gasteiger partial charge < -0.3 is 15.0 Å². The van der Waals surface area contributed by atoms with Crippen molar-refractivity contribution in [3.63, 3.8) is 0 Å². The van der Waals surface area contributed by atoms with E-state index in [0.29, 0.717) is 28.7 Å². The van der Waals surface area contributed by atoms with E-state index in [4.69, 9.17) is 16.3 Å². The number of nitrogens with one attached hydrogen (secondary N) is 1. The summed E-state index contributed by atoms with van der Waals surface area (Å²) in [5.41, 5.74) is 2.10. The summed E-state index contributed by atoms with van der Waals surface area (Å²) < 4.78 is 6.10. The molecule has 2 amide bonds. The third-order valence-corrected chi connectivity index (χ3v) is 5.85. The number of hydrogen-bond donors (Lipinski definition) is 1. The fourth-order valence-electron chi connectivity index (χ4n) is 2.99. The van der Waals surface area contributed by atoms with Crippen molar-refractivity contribution < 1.29 is 14.3 Å². The zero-order valence-corrected chi connectivity index (χ0v) is 16.7. The average Bonchev–Trinajstić information content (AvgIpc) is 3.03. The standard InChI is InChI=1S/C19H18BrClN2O3/c1-11-14(8-7-13(20)18(11)21)22-19(25)12-9-17(24)23(10-12)15-5-3-4-6-16(15)26-2/h3-8,12H,9-10H2,1-2H3,(H,22,25)/t12-/m0/s1. The lowest BCUT2D eigenvalue weighted by atomic mass is 10.1. The van der Waals surface area contributed by atoms with Crippen LogP contribution in [0.15, 0.2) is 40.9 Å². The van der Waals surface area contributed by atoms with Crippen LogP contribution in [-0.4, -0.2) is 25.5 Å². The van der Waals surface area contributed by atoms with Crippen molar-refractivity contribution in [1.82, 2.24) is 0 Å². The number of anilines is 2. The number of para-hydroxylation sites is 2. The number of methoxy groups -OCH3 is 1. The fourth-order valence-corrected chi connectivity index (χ4v) is 3.59. The van der Waals surface area contributed by atoms with Gasteiger partial charge in [0.2, 0.25) is 11.8 Å². The molecule has 2 aromatic carbocycles. The number of hydrogen-bond acceptors (Lipinski definition) is 3. The molecular formula is C19H18BrClN2O3. The van der Waals surface area contributed by atoms with Gasteiger partial charge in [-0.1, -0.05) is 23.7 Å². The van der Waals surface area contributed by atoms with E-state index in [-0.39, 0.29) is 18.2 Å². The van der Waals surface area contributed by atoms with Crippen molar-refractivity contribution in [3.05, 3.63) is 51.5 Å². The highest BCUT2D eigenvalue weighted by Crippen LogP contribution is 2.34. The maximum Gasteiger partial charge on any atom is 0.229 e. The lowest BCUT2D eigenvalue weighted by Crippen LogP contribution is -2.28. The Bertz CT molecular complexity index is 872. The van der Waals surface area contributed by atoms with Crippen LogP contribution in [0.25, 0.3) is 0 Å². The molecule has 1 aliphatic rings. The number of rotatable bonds is 4. The zero-order valence-electron chi connectivity index (χ0n) is 14.4. The number of amides is 2. The van der Waals surface area contributed by atoms with Crippen LogP contribution in [0.4, 0.5) is 11.4 Å². The molecule has 1 atom stereocenters. The van der Waals surface area contributed by atoms with Gasteiger partial charge in [-0.25, -0.2) is 0 Å². The predicted molar refractivity (Wildman–Crippen MR) is 106 cm³/mol. The van der Waals surface area contributed by atoms with Crippen LogP contribution in [0.3, 0.4) is 0 Å². The average molecular weight is 438 g/mol. The molecule has 7 heteroatoms. The highest BCUT2D eigenvalue weighted by molar-refractivity contribution is 9.10. The third kappa shape index (κ3) is 3.57. The third-order valence-electron chi connectivity index (χ3n) is 4.47. The van der Waals surface area contributed by atoms with Gasteiger partial charge in [0.1, 0.15) is 5.75 Å². The topological polar surface area (TPSA) is 58.6 Å².